The van der Waals surface area contributed by atoms with Gasteiger partial charge in [-0.15, -0.1) is 0 Å². The van der Waals surface area contributed by atoms with Crippen LogP contribution in [-0.2, 0) is 0 Å². The van der Waals surface area contributed by atoms with Gasteiger partial charge in [0.25, 0.3) is 0 Å². The summed E-state index contributed by atoms with van der Waals surface area (Å²) in [5, 5.41) is 8.88. The molecule has 1 unspecified atom stereocenters. The molecular formula is C15H32O. The number of unbranched alkanes of at least 4 members (excludes halogenated alkanes) is 6. The molecule has 0 aromatic rings. The predicted molar refractivity (Wildman–Crippen MR) is 72.6 cm³/mol. The van der Waals surface area contributed by atoms with Crippen LogP contribution in [0.3, 0.4) is 0 Å². The number of rotatable bonds is 11. The van der Waals surface area contributed by atoms with E-state index in [1.54, 1.807) is 0 Å². The van der Waals surface area contributed by atoms with Crippen molar-refractivity contribution >= 4 is 0 Å². The van der Waals surface area contributed by atoms with Gasteiger partial charge in [-0.25, -0.2) is 0 Å². The van der Waals surface area contributed by atoms with Crippen LogP contribution >= 0.6 is 0 Å². The fourth-order valence-corrected chi connectivity index (χ4v) is 2.02. The quantitative estimate of drug-likeness (QED) is 0.504. The third-order valence-corrected chi connectivity index (χ3v) is 3.29. The van der Waals surface area contributed by atoms with E-state index in [1.807, 2.05) is 0 Å². The Balaban J connectivity index is 2.99. The van der Waals surface area contributed by atoms with Crippen LogP contribution in [0.2, 0.25) is 0 Å². The van der Waals surface area contributed by atoms with Gasteiger partial charge >= 0.3 is 0 Å². The molecule has 1 N–H and O–H groups in total. The van der Waals surface area contributed by atoms with E-state index in [2.05, 4.69) is 20.8 Å². The summed E-state index contributed by atoms with van der Waals surface area (Å²) in [5.41, 5.74) is 0. The first-order valence-corrected chi connectivity index (χ1v) is 7.27. The number of hydrogen-bond acceptors (Lipinski definition) is 1. The van der Waals surface area contributed by atoms with Gasteiger partial charge in [0.05, 0.1) is 0 Å². The van der Waals surface area contributed by atoms with Crippen molar-refractivity contribution in [1.82, 2.24) is 0 Å². The lowest BCUT2D eigenvalue weighted by Crippen LogP contribution is -1.99. The summed E-state index contributed by atoms with van der Waals surface area (Å²) in [6, 6.07) is 0. The minimum atomic E-state index is 0.356. The molecule has 0 saturated carbocycles. The average Bonchev–Trinajstić information content (AvgIpc) is 2.26. The van der Waals surface area contributed by atoms with E-state index in [0.717, 1.165) is 5.92 Å². The Hall–Kier alpha value is -0.0400. The Bertz CT molecular complexity index is 131. The van der Waals surface area contributed by atoms with Crippen molar-refractivity contribution in [3.05, 3.63) is 0 Å². The van der Waals surface area contributed by atoms with Crippen molar-refractivity contribution in [3.8, 4) is 0 Å². The molecule has 0 aromatic carbocycles. The zero-order valence-electron chi connectivity index (χ0n) is 11.7. The molecule has 0 aromatic heterocycles. The van der Waals surface area contributed by atoms with E-state index in [-0.39, 0.29) is 0 Å². The molecule has 98 valence electrons. The lowest BCUT2D eigenvalue weighted by atomic mass is 10.0. The molecule has 1 nitrogen and oxygen atoms in total. The summed E-state index contributed by atoms with van der Waals surface area (Å²) in [5.74, 6) is 1.38. The molecule has 0 spiro atoms. The monoisotopic (exact) mass is 228 g/mol. The highest BCUT2D eigenvalue weighted by molar-refractivity contribution is 4.52. The van der Waals surface area contributed by atoms with E-state index >= 15 is 0 Å². The summed E-state index contributed by atoms with van der Waals surface area (Å²) in [7, 11) is 0. The second kappa shape index (κ2) is 11.4. The summed E-state index contributed by atoms with van der Waals surface area (Å²) < 4.78 is 0. The molecule has 0 aliphatic carbocycles. The molecule has 0 saturated heterocycles. The predicted octanol–water partition coefficient (Wildman–Crippen LogP) is 4.78. The van der Waals surface area contributed by atoms with Crippen molar-refractivity contribution in [1.29, 1.82) is 0 Å². The van der Waals surface area contributed by atoms with Gasteiger partial charge in [-0.05, 0) is 18.3 Å². The molecule has 0 radical (unpaired) electrons. The minimum Gasteiger partial charge on any atom is -0.396 e. The maximum atomic E-state index is 8.88. The molecule has 16 heavy (non-hydrogen) atoms. The van der Waals surface area contributed by atoms with Gasteiger partial charge < -0.3 is 5.11 Å². The first-order valence-electron chi connectivity index (χ1n) is 7.27. The zero-order valence-corrected chi connectivity index (χ0v) is 11.7. The Morgan fingerprint density at radius 2 is 1.12 bits per heavy atom. The topological polar surface area (TPSA) is 20.2 Å². The summed E-state index contributed by atoms with van der Waals surface area (Å²) in [6.45, 7) is 7.10. The molecular weight excluding hydrogens is 196 g/mol. The molecule has 0 heterocycles. The van der Waals surface area contributed by atoms with Crippen LogP contribution in [0.4, 0.5) is 0 Å². The lowest BCUT2D eigenvalue weighted by Gasteiger charge is -2.07. The van der Waals surface area contributed by atoms with Crippen molar-refractivity contribution in [3.63, 3.8) is 0 Å². The van der Waals surface area contributed by atoms with E-state index in [0.29, 0.717) is 12.5 Å². The average molecular weight is 228 g/mol. The Kier molecular flexibility index (Phi) is 11.4. The van der Waals surface area contributed by atoms with Gasteiger partial charge in [-0.1, -0.05) is 72.1 Å². The second-order valence-electron chi connectivity index (χ2n) is 5.73. The van der Waals surface area contributed by atoms with E-state index in [4.69, 9.17) is 5.11 Å². The van der Waals surface area contributed by atoms with Crippen molar-refractivity contribution in [2.75, 3.05) is 6.61 Å². The van der Waals surface area contributed by atoms with Gasteiger partial charge in [0.1, 0.15) is 0 Å². The van der Waals surface area contributed by atoms with E-state index in [9.17, 15) is 0 Å². The first-order chi connectivity index (χ1) is 7.66. The van der Waals surface area contributed by atoms with Gasteiger partial charge in [-0.2, -0.15) is 0 Å². The smallest absolute Gasteiger partial charge is 0.0456 e. The summed E-state index contributed by atoms with van der Waals surface area (Å²) >= 11 is 0. The Labute approximate surface area is 103 Å². The molecule has 0 aliphatic rings. The largest absolute Gasteiger partial charge is 0.396 e. The van der Waals surface area contributed by atoms with Gasteiger partial charge in [0.15, 0.2) is 0 Å². The maximum absolute atomic E-state index is 8.88. The van der Waals surface area contributed by atoms with Crippen LogP contribution in [0.1, 0.15) is 78.6 Å². The molecule has 0 amide bonds. The molecule has 1 atom stereocenters. The SMILES string of the molecule is CC(C)CCCCCCCCCC(C)CO. The van der Waals surface area contributed by atoms with Crippen LogP contribution in [-0.4, -0.2) is 11.7 Å². The molecule has 0 aliphatic heterocycles. The van der Waals surface area contributed by atoms with Gasteiger partial charge in [0.2, 0.25) is 0 Å². The van der Waals surface area contributed by atoms with Gasteiger partial charge in [-0.3, -0.25) is 0 Å². The highest BCUT2D eigenvalue weighted by atomic mass is 16.3. The van der Waals surface area contributed by atoms with Gasteiger partial charge in [0, 0.05) is 6.61 Å². The molecule has 0 rings (SSSR count). The normalized spacial score (nSPS) is 13.3. The number of aliphatic hydroxyl groups excluding tert-OH is 1. The van der Waals surface area contributed by atoms with Crippen molar-refractivity contribution in [2.45, 2.75) is 78.6 Å². The third kappa shape index (κ3) is 12.0. The highest BCUT2D eigenvalue weighted by Gasteiger charge is 1.99. The Morgan fingerprint density at radius 3 is 1.56 bits per heavy atom. The van der Waals surface area contributed by atoms with Crippen LogP contribution in [0, 0.1) is 11.8 Å². The highest BCUT2D eigenvalue weighted by Crippen LogP contribution is 2.14. The first kappa shape index (κ1) is 16.0. The summed E-state index contributed by atoms with van der Waals surface area (Å²) in [6.07, 6.45) is 12.3. The van der Waals surface area contributed by atoms with Crippen molar-refractivity contribution in [2.24, 2.45) is 11.8 Å². The number of hydrogen-bond donors (Lipinski definition) is 1. The van der Waals surface area contributed by atoms with Crippen molar-refractivity contribution < 1.29 is 5.11 Å². The number of aliphatic hydroxyl groups is 1. The zero-order chi connectivity index (χ0) is 12.2. The van der Waals surface area contributed by atoms with E-state index < -0.39 is 0 Å². The second-order valence-corrected chi connectivity index (χ2v) is 5.73. The van der Waals surface area contributed by atoms with Crippen LogP contribution in [0.15, 0.2) is 0 Å². The van der Waals surface area contributed by atoms with E-state index in [1.165, 1.54) is 57.8 Å². The standard InChI is InChI=1S/C15H32O/c1-14(2)11-9-7-5-4-6-8-10-12-15(3)13-16/h14-16H,4-13H2,1-3H3. The summed E-state index contributed by atoms with van der Waals surface area (Å²) in [4.78, 5) is 0. The third-order valence-electron chi connectivity index (χ3n) is 3.29. The van der Waals surface area contributed by atoms with Crippen LogP contribution < -0.4 is 0 Å². The minimum absolute atomic E-state index is 0.356. The lowest BCUT2D eigenvalue weighted by molar-refractivity contribution is 0.227. The molecule has 0 fully saturated rings. The van der Waals surface area contributed by atoms with Crippen LogP contribution in [0.5, 0.6) is 0 Å². The molecule has 1 heteroatoms. The molecule has 0 bridgehead atoms. The fourth-order valence-electron chi connectivity index (χ4n) is 2.02. The fraction of sp³-hybridized carbons (Fsp3) is 1.00. The maximum Gasteiger partial charge on any atom is 0.0456 e. The Morgan fingerprint density at radius 1 is 0.688 bits per heavy atom. The van der Waals surface area contributed by atoms with Crippen LogP contribution in [0.25, 0.3) is 0 Å².